The Kier molecular flexibility index (Phi) is 64.3. The molecule has 460 valence electrons. The highest BCUT2D eigenvalue weighted by Gasteiger charge is 2.19. The summed E-state index contributed by atoms with van der Waals surface area (Å²) < 4.78 is 16.8. The molecule has 0 aliphatic carbocycles. The molecule has 1 atom stereocenters. The number of carbonyl (C=O) groups excluding carboxylic acids is 3. The monoisotopic (exact) mass is 1120 g/mol. The lowest BCUT2D eigenvalue weighted by Crippen LogP contribution is -2.30. The van der Waals surface area contributed by atoms with Crippen molar-refractivity contribution in [1.29, 1.82) is 0 Å². The Hall–Kier alpha value is -4.45. The van der Waals surface area contributed by atoms with E-state index in [9.17, 15) is 14.4 Å². The first-order valence-electron chi connectivity index (χ1n) is 33.7. The number of unbranched alkanes of at least 4 members (excludes halogenated alkanes) is 28. The van der Waals surface area contributed by atoms with Crippen molar-refractivity contribution < 1.29 is 28.6 Å². The summed E-state index contributed by atoms with van der Waals surface area (Å²) in [5, 5.41) is 0. The van der Waals surface area contributed by atoms with Crippen LogP contribution in [0.2, 0.25) is 0 Å². The van der Waals surface area contributed by atoms with E-state index in [4.69, 9.17) is 14.2 Å². The molecule has 0 spiro atoms. The molecule has 6 nitrogen and oxygen atoms in total. The molecular formula is C75H124O6. The number of hydrogen-bond acceptors (Lipinski definition) is 6. The maximum absolute atomic E-state index is 12.9. The maximum atomic E-state index is 12.9. The number of esters is 3. The van der Waals surface area contributed by atoms with E-state index in [2.05, 4.69) is 142 Å². The van der Waals surface area contributed by atoms with Crippen LogP contribution in [0.4, 0.5) is 0 Å². The van der Waals surface area contributed by atoms with Gasteiger partial charge in [0.15, 0.2) is 6.10 Å². The molecule has 0 aliphatic rings. The zero-order valence-electron chi connectivity index (χ0n) is 52.8. The molecule has 0 aliphatic heterocycles. The summed E-state index contributed by atoms with van der Waals surface area (Å²) in [6.45, 7) is 6.31. The average molecular weight is 1120 g/mol. The Balaban J connectivity index is 4.42. The molecule has 0 saturated heterocycles. The van der Waals surface area contributed by atoms with Gasteiger partial charge >= 0.3 is 17.9 Å². The first-order valence-corrected chi connectivity index (χ1v) is 33.7. The minimum atomic E-state index is -0.846. The van der Waals surface area contributed by atoms with Gasteiger partial charge in [0.05, 0.1) is 6.42 Å². The van der Waals surface area contributed by atoms with Gasteiger partial charge in [0, 0.05) is 12.8 Å². The van der Waals surface area contributed by atoms with Crippen molar-refractivity contribution >= 4 is 17.9 Å². The second-order valence-corrected chi connectivity index (χ2v) is 22.0. The first kappa shape index (κ1) is 76.5. The molecule has 0 rings (SSSR count). The largest absolute Gasteiger partial charge is 0.462 e. The lowest BCUT2D eigenvalue weighted by Gasteiger charge is -2.18. The fraction of sp³-hybridized carbons (Fsp3) is 0.667. The second kappa shape index (κ2) is 68.1. The van der Waals surface area contributed by atoms with Gasteiger partial charge in [0.25, 0.3) is 0 Å². The highest BCUT2D eigenvalue weighted by atomic mass is 16.6. The van der Waals surface area contributed by atoms with Gasteiger partial charge in [-0.1, -0.05) is 321 Å². The Morgan fingerprint density at radius 3 is 0.864 bits per heavy atom. The van der Waals surface area contributed by atoms with Gasteiger partial charge in [-0.3, -0.25) is 14.4 Å². The number of carbonyl (C=O) groups is 3. The van der Waals surface area contributed by atoms with Crippen LogP contribution in [-0.4, -0.2) is 37.2 Å². The van der Waals surface area contributed by atoms with Crippen molar-refractivity contribution in [2.75, 3.05) is 13.2 Å². The van der Waals surface area contributed by atoms with Crippen LogP contribution in [0.1, 0.15) is 303 Å². The third-order valence-electron chi connectivity index (χ3n) is 14.2. The summed E-state index contributed by atoms with van der Waals surface area (Å²) in [4.78, 5) is 38.3. The Labute approximate surface area is 500 Å². The van der Waals surface area contributed by atoms with Crippen molar-refractivity contribution in [1.82, 2.24) is 0 Å². The topological polar surface area (TPSA) is 78.9 Å². The van der Waals surface area contributed by atoms with E-state index < -0.39 is 12.1 Å². The molecule has 0 heterocycles. The van der Waals surface area contributed by atoms with Crippen molar-refractivity contribution in [3.05, 3.63) is 134 Å². The van der Waals surface area contributed by atoms with Crippen molar-refractivity contribution in [2.45, 2.75) is 309 Å². The summed E-state index contributed by atoms with van der Waals surface area (Å²) >= 11 is 0. The molecule has 0 fully saturated rings. The Morgan fingerprint density at radius 1 is 0.272 bits per heavy atom. The fourth-order valence-corrected chi connectivity index (χ4v) is 9.23. The maximum Gasteiger partial charge on any atom is 0.309 e. The second-order valence-electron chi connectivity index (χ2n) is 22.0. The number of ether oxygens (including phenoxy) is 3. The normalized spacial score (nSPS) is 13.0. The van der Waals surface area contributed by atoms with Crippen molar-refractivity contribution in [2.24, 2.45) is 0 Å². The summed E-state index contributed by atoms with van der Waals surface area (Å²) in [6.07, 6.45) is 96.5. The van der Waals surface area contributed by atoms with E-state index in [1.165, 1.54) is 154 Å². The third kappa shape index (κ3) is 66.2. The summed E-state index contributed by atoms with van der Waals surface area (Å²) in [6, 6.07) is 0. The number of rotatable bonds is 60. The van der Waals surface area contributed by atoms with Crippen LogP contribution in [0.5, 0.6) is 0 Å². The summed E-state index contributed by atoms with van der Waals surface area (Å²) in [5.74, 6) is -1.10. The van der Waals surface area contributed by atoms with Crippen LogP contribution < -0.4 is 0 Å². The highest BCUT2D eigenvalue weighted by molar-refractivity contribution is 5.72. The molecular weight excluding hydrogens is 997 g/mol. The molecule has 81 heavy (non-hydrogen) atoms. The van der Waals surface area contributed by atoms with E-state index in [0.717, 1.165) is 103 Å². The zero-order valence-corrected chi connectivity index (χ0v) is 52.8. The Bertz CT molecular complexity index is 1720. The molecule has 0 amide bonds. The predicted molar refractivity (Wildman–Crippen MR) is 353 cm³/mol. The van der Waals surface area contributed by atoms with E-state index in [1.54, 1.807) is 6.08 Å². The van der Waals surface area contributed by atoms with Gasteiger partial charge in [-0.05, 0) is 96.3 Å². The van der Waals surface area contributed by atoms with E-state index in [0.29, 0.717) is 12.8 Å². The molecule has 0 saturated carbocycles. The zero-order chi connectivity index (χ0) is 58.5. The molecule has 0 bridgehead atoms. The third-order valence-corrected chi connectivity index (χ3v) is 14.2. The lowest BCUT2D eigenvalue weighted by molar-refractivity contribution is -0.166. The van der Waals surface area contributed by atoms with Gasteiger partial charge in [-0.25, -0.2) is 0 Å². The minimum absolute atomic E-state index is 0.113. The van der Waals surface area contributed by atoms with Gasteiger partial charge in [0.1, 0.15) is 13.2 Å². The molecule has 0 radical (unpaired) electrons. The van der Waals surface area contributed by atoms with Crippen LogP contribution in [0, 0.1) is 0 Å². The van der Waals surface area contributed by atoms with Crippen LogP contribution in [0.3, 0.4) is 0 Å². The quantitative estimate of drug-likeness (QED) is 0.0261. The summed E-state index contributed by atoms with van der Waals surface area (Å²) in [7, 11) is 0. The molecule has 0 N–H and O–H groups in total. The van der Waals surface area contributed by atoms with E-state index in [-0.39, 0.29) is 38.0 Å². The van der Waals surface area contributed by atoms with Crippen LogP contribution >= 0.6 is 0 Å². The molecule has 0 aromatic rings. The number of hydrogen-bond donors (Lipinski definition) is 0. The van der Waals surface area contributed by atoms with Crippen LogP contribution in [-0.2, 0) is 28.6 Å². The smallest absolute Gasteiger partial charge is 0.309 e. The van der Waals surface area contributed by atoms with Crippen LogP contribution in [0.15, 0.2) is 134 Å². The first-order chi connectivity index (χ1) is 40.0. The highest BCUT2D eigenvalue weighted by Crippen LogP contribution is 2.17. The minimum Gasteiger partial charge on any atom is -0.462 e. The fourth-order valence-electron chi connectivity index (χ4n) is 9.23. The lowest BCUT2D eigenvalue weighted by atomic mass is 10.0. The van der Waals surface area contributed by atoms with Crippen molar-refractivity contribution in [3.63, 3.8) is 0 Å². The molecule has 6 heteroatoms. The standard InChI is InChI=1S/C75H124O6/c1-4-7-10-13-16-19-22-25-28-30-32-34-35-36-37-38-39-41-42-44-47-50-53-56-59-62-65-68-74(77)80-71-72(70-79-73(76)67-64-61-58-55-52-49-46-27-24-21-18-15-12-9-6-3)81-75(78)69-66-63-60-57-54-51-48-45-43-40-33-31-29-26-23-20-17-14-11-8-5-2/h8-9,11-12,17-18,20-21,26-27,29,33,40,45-46,48,52,54-55,57,61,64,72H,4-7,10,13-16,19,22-25,28,30-32,34-39,41-44,47,49-51,53,56,58-60,62-63,65-71H2,1-3H3/b11-8-,12-9-,20-17-,21-18-,29-26-,40-33-,46-27-,48-45-,55-52-,57-54-,64-61-. The van der Waals surface area contributed by atoms with Gasteiger partial charge in [-0.15, -0.1) is 0 Å². The molecule has 1 unspecified atom stereocenters. The molecule has 0 aromatic heterocycles. The van der Waals surface area contributed by atoms with Gasteiger partial charge < -0.3 is 14.2 Å². The predicted octanol–water partition coefficient (Wildman–Crippen LogP) is 23.3. The van der Waals surface area contributed by atoms with E-state index in [1.807, 2.05) is 6.08 Å². The molecule has 0 aromatic carbocycles. The van der Waals surface area contributed by atoms with Crippen molar-refractivity contribution in [3.8, 4) is 0 Å². The number of allylic oxidation sites excluding steroid dienone is 21. The van der Waals surface area contributed by atoms with Crippen LogP contribution in [0.25, 0.3) is 0 Å². The Morgan fingerprint density at radius 2 is 0.531 bits per heavy atom. The van der Waals surface area contributed by atoms with E-state index >= 15 is 0 Å². The average Bonchev–Trinajstić information content (AvgIpc) is 3.47. The van der Waals surface area contributed by atoms with Gasteiger partial charge in [0.2, 0.25) is 0 Å². The summed E-state index contributed by atoms with van der Waals surface area (Å²) in [5.41, 5.74) is 0. The SMILES string of the molecule is CC/C=C\C/C=C\C/C=C\C/C=C\C/C=C\C/C=C\CCCCC(=O)OC(COC(=O)C/C=C\C/C=C\C/C=C\C/C=C\C/C=C\CC)COC(=O)CCCCCCCCCCCCCCCCCCCCCCCCCCCCC. The van der Waals surface area contributed by atoms with Gasteiger partial charge in [-0.2, -0.15) is 0 Å².